The summed E-state index contributed by atoms with van der Waals surface area (Å²) in [5.41, 5.74) is 4.63. The molecule has 0 radical (unpaired) electrons. The maximum absolute atomic E-state index is 12.6. The molecule has 182 valence electrons. The Labute approximate surface area is 202 Å². The van der Waals surface area contributed by atoms with Crippen molar-refractivity contribution >= 4 is 11.8 Å². The zero-order valence-corrected chi connectivity index (χ0v) is 20.0. The van der Waals surface area contributed by atoms with Crippen LogP contribution >= 0.6 is 0 Å². The van der Waals surface area contributed by atoms with Gasteiger partial charge in [0.15, 0.2) is 0 Å². The molecule has 0 aromatic heterocycles. The number of piperidine rings is 1. The Morgan fingerprint density at radius 1 is 0.824 bits per heavy atom. The lowest BCUT2D eigenvalue weighted by Gasteiger charge is -2.55. The maximum Gasteiger partial charge on any atom is 0.243 e. The molecule has 2 fully saturated rings. The number of amides is 2. The van der Waals surface area contributed by atoms with E-state index in [0.717, 1.165) is 64.7 Å². The SMILES string of the molecule is O=C(CCCCCCC(=O)N1CC2(CCN(C(c3ccccc3)c3ccccc3)CC2)C1)NO. The molecule has 2 aromatic carbocycles. The highest BCUT2D eigenvalue weighted by atomic mass is 16.5. The van der Waals surface area contributed by atoms with Crippen LogP contribution in [0.2, 0.25) is 0 Å². The molecule has 2 N–H and O–H groups in total. The lowest BCUT2D eigenvalue weighted by molar-refractivity contribution is -0.147. The van der Waals surface area contributed by atoms with Crippen LogP contribution < -0.4 is 5.48 Å². The van der Waals surface area contributed by atoms with Crippen molar-refractivity contribution in [2.24, 2.45) is 5.41 Å². The minimum atomic E-state index is -0.341. The smallest absolute Gasteiger partial charge is 0.243 e. The highest BCUT2D eigenvalue weighted by Gasteiger charge is 2.47. The van der Waals surface area contributed by atoms with Crippen LogP contribution in [-0.4, -0.2) is 53.0 Å². The third kappa shape index (κ3) is 6.05. The lowest BCUT2D eigenvalue weighted by Crippen LogP contribution is -2.62. The second-order valence-electron chi connectivity index (χ2n) is 9.96. The van der Waals surface area contributed by atoms with Crippen molar-refractivity contribution < 1.29 is 14.8 Å². The Morgan fingerprint density at radius 3 is 1.88 bits per heavy atom. The van der Waals surface area contributed by atoms with Gasteiger partial charge in [0, 0.05) is 31.3 Å². The Hall–Kier alpha value is -2.70. The Balaban J connectivity index is 1.22. The quantitative estimate of drug-likeness (QED) is 0.308. The summed E-state index contributed by atoms with van der Waals surface area (Å²) in [6, 6.07) is 21.8. The van der Waals surface area contributed by atoms with E-state index in [4.69, 9.17) is 5.21 Å². The van der Waals surface area contributed by atoms with Gasteiger partial charge in [-0.05, 0) is 49.9 Å². The molecule has 6 heteroatoms. The first-order valence-electron chi connectivity index (χ1n) is 12.6. The summed E-state index contributed by atoms with van der Waals surface area (Å²) < 4.78 is 0. The normalized spacial score (nSPS) is 17.5. The van der Waals surface area contributed by atoms with E-state index in [1.54, 1.807) is 5.48 Å². The number of hydrogen-bond acceptors (Lipinski definition) is 4. The van der Waals surface area contributed by atoms with Gasteiger partial charge in [-0.1, -0.05) is 73.5 Å². The summed E-state index contributed by atoms with van der Waals surface area (Å²) >= 11 is 0. The fraction of sp³-hybridized carbons (Fsp3) is 0.500. The molecule has 2 aliphatic heterocycles. The maximum atomic E-state index is 12.6. The van der Waals surface area contributed by atoms with Crippen molar-refractivity contribution in [2.45, 2.75) is 57.4 Å². The van der Waals surface area contributed by atoms with Crippen molar-refractivity contribution in [3.05, 3.63) is 71.8 Å². The number of rotatable bonds is 10. The zero-order valence-electron chi connectivity index (χ0n) is 20.0. The molecule has 1 spiro atoms. The third-order valence-electron chi connectivity index (χ3n) is 7.53. The standard InChI is InChI=1S/C28H37N3O3/c32-25(29-34)15-9-1-2-10-16-26(33)31-21-28(22-31)17-19-30(20-18-28)27(23-11-5-3-6-12-23)24-13-7-4-8-14-24/h3-8,11-14,27,34H,1-2,9-10,15-22H2,(H,29,32). The molecule has 6 nitrogen and oxygen atoms in total. The van der Waals surface area contributed by atoms with Crippen LogP contribution in [0.5, 0.6) is 0 Å². The molecule has 2 aliphatic rings. The first-order chi connectivity index (χ1) is 16.6. The number of nitrogens with zero attached hydrogens (tertiary/aromatic N) is 2. The monoisotopic (exact) mass is 463 g/mol. The molecule has 0 unspecified atom stereocenters. The zero-order chi connectivity index (χ0) is 23.8. The van der Waals surface area contributed by atoms with Crippen molar-refractivity contribution in [2.75, 3.05) is 26.2 Å². The van der Waals surface area contributed by atoms with Gasteiger partial charge in [0.05, 0.1) is 6.04 Å². The molecule has 0 atom stereocenters. The average Bonchev–Trinajstić information content (AvgIpc) is 2.86. The van der Waals surface area contributed by atoms with Crippen molar-refractivity contribution in [3.8, 4) is 0 Å². The first-order valence-corrected chi connectivity index (χ1v) is 12.6. The van der Waals surface area contributed by atoms with E-state index < -0.39 is 0 Å². The number of benzene rings is 2. The van der Waals surface area contributed by atoms with E-state index in [2.05, 4.69) is 65.6 Å². The summed E-state index contributed by atoms with van der Waals surface area (Å²) in [6.45, 7) is 3.91. The molecule has 0 saturated carbocycles. The van der Waals surface area contributed by atoms with Gasteiger partial charge in [0.1, 0.15) is 0 Å². The summed E-state index contributed by atoms with van der Waals surface area (Å²) in [5.74, 6) is -0.0699. The fourth-order valence-electron chi connectivity index (χ4n) is 5.53. The minimum Gasteiger partial charge on any atom is -0.341 e. The van der Waals surface area contributed by atoms with Crippen LogP contribution in [0.25, 0.3) is 0 Å². The molecule has 2 amide bonds. The number of hydroxylamine groups is 1. The number of nitrogens with one attached hydrogen (secondary N) is 1. The average molecular weight is 464 g/mol. The predicted molar refractivity (Wildman–Crippen MR) is 132 cm³/mol. The molecule has 4 rings (SSSR count). The first kappa shape index (κ1) is 24.4. The van der Waals surface area contributed by atoms with Gasteiger partial charge in [-0.15, -0.1) is 0 Å². The second-order valence-corrected chi connectivity index (χ2v) is 9.96. The van der Waals surface area contributed by atoms with Crippen molar-refractivity contribution in [3.63, 3.8) is 0 Å². The van der Waals surface area contributed by atoms with Gasteiger partial charge in [0.25, 0.3) is 0 Å². The highest BCUT2D eigenvalue weighted by Crippen LogP contribution is 2.43. The van der Waals surface area contributed by atoms with E-state index in [1.807, 2.05) is 4.90 Å². The summed E-state index contributed by atoms with van der Waals surface area (Å²) in [4.78, 5) is 28.3. The molecule has 0 bridgehead atoms. The van der Waals surface area contributed by atoms with Crippen LogP contribution in [-0.2, 0) is 9.59 Å². The largest absolute Gasteiger partial charge is 0.341 e. The molecular formula is C28H37N3O3. The Morgan fingerprint density at radius 2 is 1.35 bits per heavy atom. The van der Waals surface area contributed by atoms with Gasteiger partial charge < -0.3 is 4.90 Å². The van der Waals surface area contributed by atoms with Crippen LogP contribution in [0.3, 0.4) is 0 Å². The summed E-state index contributed by atoms with van der Waals surface area (Å²) in [6.07, 6.45) is 6.68. The summed E-state index contributed by atoms with van der Waals surface area (Å²) in [7, 11) is 0. The van der Waals surface area contributed by atoms with E-state index in [1.165, 1.54) is 11.1 Å². The lowest BCUT2D eigenvalue weighted by atomic mass is 9.71. The van der Waals surface area contributed by atoms with Crippen LogP contribution in [0.4, 0.5) is 0 Å². The Kier molecular flexibility index (Phi) is 8.35. The second kappa shape index (κ2) is 11.6. The number of unbranched alkanes of at least 4 members (excludes halogenated alkanes) is 3. The van der Waals surface area contributed by atoms with Crippen molar-refractivity contribution in [1.29, 1.82) is 0 Å². The molecule has 2 saturated heterocycles. The number of hydrogen-bond donors (Lipinski definition) is 2. The molecule has 34 heavy (non-hydrogen) atoms. The Bertz CT molecular complexity index is 879. The van der Waals surface area contributed by atoms with Gasteiger partial charge >= 0.3 is 0 Å². The van der Waals surface area contributed by atoms with E-state index in [9.17, 15) is 9.59 Å². The molecule has 2 heterocycles. The number of carbonyl (C=O) groups excluding carboxylic acids is 2. The fourth-order valence-corrected chi connectivity index (χ4v) is 5.53. The topological polar surface area (TPSA) is 72.9 Å². The third-order valence-corrected chi connectivity index (χ3v) is 7.53. The van der Waals surface area contributed by atoms with Gasteiger partial charge in [-0.3, -0.25) is 19.7 Å². The molecular weight excluding hydrogens is 426 g/mol. The summed E-state index contributed by atoms with van der Waals surface area (Å²) in [5, 5.41) is 8.50. The van der Waals surface area contributed by atoms with E-state index >= 15 is 0 Å². The van der Waals surface area contributed by atoms with Gasteiger partial charge in [-0.25, -0.2) is 5.48 Å². The molecule has 2 aromatic rings. The highest BCUT2D eigenvalue weighted by molar-refractivity contribution is 5.77. The minimum absolute atomic E-state index is 0.271. The van der Waals surface area contributed by atoms with Crippen LogP contribution in [0.15, 0.2) is 60.7 Å². The number of carbonyl (C=O) groups is 2. The number of likely N-dealkylation sites (tertiary alicyclic amines) is 2. The van der Waals surface area contributed by atoms with Crippen LogP contribution in [0.1, 0.15) is 68.5 Å². The van der Waals surface area contributed by atoms with Crippen molar-refractivity contribution in [1.82, 2.24) is 15.3 Å². The van der Waals surface area contributed by atoms with Gasteiger partial charge in [0.2, 0.25) is 11.8 Å². The van der Waals surface area contributed by atoms with Gasteiger partial charge in [-0.2, -0.15) is 0 Å². The molecule has 0 aliphatic carbocycles. The van der Waals surface area contributed by atoms with Crippen LogP contribution in [0, 0.1) is 5.41 Å². The predicted octanol–water partition coefficient (Wildman–Crippen LogP) is 4.55. The van der Waals surface area contributed by atoms with E-state index in [0.29, 0.717) is 18.3 Å². The van der Waals surface area contributed by atoms with E-state index in [-0.39, 0.29) is 17.9 Å².